The molecule has 3 N–H and O–H groups in total. The van der Waals surface area contributed by atoms with Crippen molar-refractivity contribution in [1.82, 2.24) is 0 Å². The van der Waals surface area contributed by atoms with E-state index in [-0.39, 0.29) is 17.4 Å². The summed E-state index contributed by atoms with van der Waals surface area (Å²) in [5.41, 5.74) is 1.66. The molecule has 0 spiro atoms. The predicted molar refractivity (Wildman–Crippen MR) is 91.5 cm³/mol. The average Bonchev–Trinajstić information content (AvgIpc) is 2.55. The number of amides is 1. The van der Waals surface area contributed by atoms with E-state index in [1.165, 1.54) is 16.4 Å². The third kappa shape index (κ3) is 2.95. The largest absolute Gasteiger partial charge is 0.507 e. The molecule has 24 heavy (non-hydrogen) atoms. The Hall–Kier alpha value is -2.87. The first kappa shape index (κ1) is 16.0. The van der Waals surface area contributed by atoms with Crippen LogP contribution in [0.3, 0.4) is 0 Å². The summed E-state index contributed by atoms with van der Waals surface area (Å²) in [6.07, 6.45) is 1.02. The van der Waals surface area contributed by atoms with Crippen LogP contribution in [0.4, 0.5) is 11.4 Å². The molecule has 2 aromatic carbocycles. The van der Waals surface area contributed by atoms with Gasteiger partial charge in [-0.05, 0) is 36.4 Å². The van der Waals surface area contributed by atoms with Crippen molar-refractivity contribution < 1.29 is 18.3 Å². The number of sulfonamides is 1. The maximum absolute atomic E-state index is 12.2. The fourth-order valence-electron chi connectivity index (χ4n) is 2.35. The SMILES string of the molecule is N=Cc1ccc(NC(=O)c2ccc(N3CCS3(=O)=O)cc2)cc1O. The number of phenolic OH excluding ortho intramolecular Hbond substituents is 1. The van der Waals surface area contributed by atoms with E-state index in [4.69, 9.17) is 5.41 Å². The van der Waals surface area contributed by atoms with Crippen LogP contribution < -0.4 is 9.62 Å². The minimum atomic E-state index is -3.18. The number of hydrogen-bond acceptors (Lipinski definition) is 5. The van der Waals surface area contributed by atoms with Gasteiger partial charge in [-0.25, -0.2) is 8.42 Å². The van der Waals surface area contributed by atoms with E-state index < -0.39 is 10.0 Å². The van der Waals surface area contributed by atoms with E-state index in [0.717, 1.165) is 6.21 Å². The van der Waals surface area contributed by atoms with Crippen molar-refractivity contribution in [2.75, 3.05) is 21.9 Å². The maximum Gasteiger partial charge on any atom is 0.255 e. The molecular formula is C16H15N3O4S. The van der Waals surface area contributed by atoms with Crippen molar-refractivity contribution in [1.29, 1.82) is 5.41 Å². The fraction of sp³-hybridized carbons (Fsp3) is 0.125. The van der Waals surface area contributed by atoms with Crippen LogP contribution >= 0.6 is 0 Å². The molecule has 0 unspecified atom stereocenters. The van der Waals surface area contributed by atoms with Gasteiger partial charge < -0.3 is 15.8 Å². The molecule has 1 saturated heterocycles. The second-order valence-corrected chi connectivity index (χ2v) is 7.32. The molecule has 2 aromatic rings. The minimum Gasteiger partial charge on any atom is -0.507 e. The number of benzene rings is 2. The van der Waals surface area contributed by atoms with Gasteiger partial charge in [0, 0.05) is 35.6 Å². The normalized spacial score (nSPS) is 15.4. The highest BCUT2D eigenvalue weighted by Gasteiger charge is 2.32. The van der Waals surface area contributed by atoms with Crippen molar-refractivity contribution in [2.24, 2.45) is 0 Å². The third-order valence-electron chi connectivity index (χ3n) is 3.75. The molecule has 0 aromatic heterocycles. The van der Waals surface area contributed by atoms with Gasteiger partial charge >= 0.3 is 0 Å². The van der Waals surface area contributed by atoms with E-state index in [2.05, 4.69) is 5.32 Å². The van der Waals surface area contributed by atoms with Gasteiger partial charge in [0.2, 0.25) is 10.0 Å². The van der Waals surface area contributed by atoms with E-state index >= 15 is 0 Å². The molecular weight excluding hydrogens is 330 g/mol. The molecule has 1 aliphatic rings. The fourth-order valence-corrected chi connectivity index (χ4v) is 3.45. The number of phenols is 1. The van der Waals surface area contributed by atoms with E-state index in [9.17, 15) is 18.3 Å². The van der Waals surface area contributed by atoms with Crippen LogP contribution in [0, 0.1) is 5.41 Å². The van der Waals surface area contributed by atoms with Gasteiger partial charge in [0.25, 0.3) is 5.91 Å². The Morgan fingerprint density at radius 1 is 1.21 bits per heavy atom. The molecule has 124 valence electrons. The standard InChI is InChI=1S/C16H15N3O4S/c17-10-12-1-4-13(9-15(12)20)18-16(21)11-2-5-14(6-3-11)19-7-8-24(19,22)23/h1-6,9-10,17,20H,7-8H2,(H,18,21). The lowest BCUT2D eigenvalue weighted by Gasteiger charge is -2.32. The summed E-state index contributed by atoms with van der Waals surface area (Å²) in [4.78, 5) is 12.2. The second kappa shape index (κ2) is 5.97. The number of hydrogen-bond donors (Lipinski definition) is 3. The Bertz CT molecular complexity index is 907. The van der Waals surface area contributed by atoms with Gasteiger partial charge in [0.15, 0.2) is 0 Å². The molecule has 0 bridgehead atoms. The molecule has 1 aliphatic heterocycles. The Kier molecular flexibility index (Phi) is 3.98. The van der Waals surface area contributed by atoms with Crippen LogP contribution in [0.25, 0.3) is 0 Å². The first-order chi connectivity index (χ1) is 11.4. The number of anilines is 2. The van der Waals surface area contributed by atoms with Crippen molar-refractivity contribution in [3.63, 3.8) is 0 Å². The molecule has 8 heteroatoms. The zero-order valence-corrected chi connectivity index (χ0v) is 13.4. The molecule has 1 heterocycles. The lowest BCUT2D eigenvalue weighted by atomic mass is 10.1. The van der Waals surface area contributed by atoms with Gasteiger partial charge in [-0.2, -0.15) is 0 Å². The summed E-state index contributed by atoms with van der Waals surface area (Å²) in [6, 6.07) is 10.7. The summed E-state index contributed by atoms with van der Waals surface area (Å²) in [6.45, 7) is 0.451. The summed E-state index contributed by atoms with van der Waals surface area (Å²) >= 11 is 0. The number of carbonyl (C=O) groups excluding carboxylic acids is 1. The molecule has 1 fully saturated rings. The van der Waals surface area contributed by atoms with E-state index in [0.29, 0.717) is 29.0 Å². The monoisotopic (exact) mass is 345 g/mol. The lowest BCUT2D eigenvalue weighted by Crippen LogP contribution is -2.47. The van der Waals surface area contributed by atoms with Gasteiger partial charge in [0.05, 0.1) is 11.4 Å². The maximum atomic E-state index is 12.2. The van der Waals surface area contributed by atoms with Gasteiger partial charge in [-0.1, -0.05) is 0 Å². The van der Waals surface area contributed by atoms with Crippen molar-refractivity contribution in [2.45, 2.75) is 0 Å². The quantitative estimate of drug-likeness (QED) is 0.734. The molecule has 0 aliphatic carbocycles. The summed E-state index contributed by atoms with van der Waals surface area (Å²) < 4.78 is 24.4. The summed E-state index contributed by atoms with van der Waals surface area (Å²) in [5, 5.41) is 19.4. The highest BCUT2D eigenvalue weighted by molar-refractivity contribution is 7.94. The topological polar surface area (TPSA) is 111 Å². The van der Waals surface area contributed by atoms with Gasteiger partial charge in [-0.3, -0.25) is 9.10 Å². The highest BCUT2D eigenvalue weighted by atomic mass is 32.2. The van der Waals surface area contributed by atoms with Crippen molar-refractivity contribution in [3.05, 3.63) is 53.6 Å². The zero-order valence-electron chi connectivity index (χ0n) is 12.6. The number of aromatic hydroxyl groups is 1. The zero-order chi connectivity index (χ0) is 17.3. The van der Waals surface area contributed by atoms with Crippen molar-refractivity contribution >= 4 is 33.5 Å². The molecule has 3 rings (SSSR count). The van der Waals surface area contributed by atoms with Crippen LogP contribution in [0.15, 0.2) is 42.5 Å². The molecule has 7 nitrogen and oxygen atoms in total. The Balaban J connectivity index is 1.73. The van der Waals surface area contributed by atoms with Crippen molar-refractivity contribution in [3.8, 4) is 5.75 Å². The molecule has 1 amide bonds. The highest BCUT2D eigenvalue weighted by Crippen LogP contribution is 2.25. The Labute approximate surface area is 139 Å². The average molecular weight is 345 g/mol. The second-order valence-electron chi connectivity index (χ2n) is 5.31. The van der Waals surface area contributed by atoms with E-state index in [1.807, 2.05) is 0 Å². The van der Waals surface area contributed by atoms with Gasteiger partial charge in [0.1, 0.15) is 5.75 Å². The molecule has 0 radical (unpaired) electrons. The summed E-state index contributed by atoms with van der Waals surface area (Å²) in [5.74, 6) is -0.332. The Morgan fingerprint density at radius 3 is 2.42 bits per heavy atom. The number of rotatable bonds is 4. The molecule has 0 saturated carbocycles. The van der Waals surface area contributed by atoms with Crippen LogP contribution in [-0.2, 0) is 10.0 Å². The minimum absolute atomic E-state index is 0.0962. The summed E-state index contributed by atoms with van der Waals surface area (Å²) in [7, 11) is -3.18. The molecule has 0 atom stereocenters. The third-order valence-corrected chi connectivity index (χ3v) is 5.51. The predicted octanol–water partition coefficient (Wildman–Crippen LogP) is 1.79. The Morgan fingerprint density at radius 2 is 1.92 bits per heavy atom. The lowest BCUT2D eigenvalue weighted by molar-refractivity contribution is 0.102. The van der Waals surface area contributed by atoms with Crippen LogP contribution in [0.5, 0.6) is 5.75 Å². The number of carbonyl (C=O) groups is 1. The first-order valence-electron chi connectivity index (χ1n) is 7.16. The van der Waals surface area contributed by atoms with Crippen LogP contribution in [0.1, 0.15) is 15.9 Å². The number of nitrogens with zero attached hydrogens (tertiary/aromatic N) is 1. The van der Waals surface area contributed by atoms with E-state index in [1.54, 1.807) is 30.3 Å². The number of nitrogens with one attached hydrogen (secondary N) is 2. The van der Waals surface area contributed by atoms with Crippen LogP contribution in [-0.4, -0.2) is 37.9 Å². The first-order valence-corrected chi connectivity index (χ1v) is 8.77. The smallest absolute Gasteiger partial charge is 0.255 e. The van der Waals surface area contributed by atoms with Crippen LogP contribution in [0.2, 0.25) is 0 Å². The van der Waals surface area contributed by atoms with Gasteiger partial charge in [-0.15, -0.1) is 0 Å².